The Morgan fingerprint density at radius 3 is 2.40 bits per heavy atom. The van der Waals surface area contributed by atoms with Crippen molar-refractivity contribution in [2.24, 2.45) is 0 Å². The summed E-state index contributed by atoms with van der Waals surface area (Å²) in [6, 6.07) is 0. The van der Waals surface area contributed by atoms with Crippen molar-refractivity contribution in [1.29, 1.82) is 0 Å². The molecule has 0 aromatic rings. The average molecular weight is 164 g/mol. The smallest absolute Gasteiger partial charge is 0.0784 e. The fraction of sp³-hybridized carbons (Fsp3) is 1.00. The van der Waals surface area contributed by atoms with Gasteiger partial charge in [0.1, 0.15) is 0 Å². The van der Waals surface area contributed by atoms with Crippen molar-refractivity contribution in [1.82, 2.24) is 4.84 Å². The highest BCUT2D eigenvalue weighted by atomic mass is 35.5. The van der Waals surface area contributed by atoms with Crippen molar-refractivity contribution >= 4 is 11.8 Å². The lowest BCUT2D eigenvalue weighted by molar-refractivity contribution is 0.00961. The Hall–Kier alpha value is 0.210. The minimum Gasteiger partial charge on any atom is -0.389 e. The van der Waals surface area contributed by atoms with Gasteiger partial charge in [0.2, 0.25) is 0 Å². The molecule has 0 spiro atoms. The fourth-order valence-electron chi connectivity index (χ4n) is 1.51. The van der Waals surface area contributed by atoms with E-state index in [2.05, 4.69) is 4.84 Å². The van der Waals surface area contributed by atoms with Crippen LogP contribution in [0.4, 0.5) is 0 Å². The zero-order valence-electron chi connectivity index (χ0n) is 6.07. The van der Waals surface area contributed by atoms with Crippen LogP contribution in [0.1, 0.15) is 32.1 Å². The van der Waals surface area contributed by atoms with E-state index in [9.17, 15) is 5.11 Å². The molecule has 2 nitrogen and oxygen atoms in total. The SMILES string of the molecule is OC1(CNCl)CCCCC1. The van der Waals surface area contributed by atoms with E-state index in [4.69, 9.17) is 11.8 Å². The van der Waals surface area contributed by atoms with E-state index in [1.54, 1.807) is 0 Å². The second-order valence-electron chi connectivity index (χ2n) is 3.10. The van der Waals surface area contributed by atoms with Crippen molar-refractivity contribution in [3.05, 3.63) is 0 Å². The molecule has 0 unspecified atom stereocenters. The Bertz CT molecular complexity index is 96.3. The van der Waals surface area contributed by atoms with Gasteiger partial charge in [-0.2, -0.15) is 0 Å². The molecule has 0 radical (unpaired) electrons. The lowest BCUT2D eigenvalue weighted by Crippen LogP contribution is -2.39. The first kappa shape index (κ1) is 8.31. The third-order valence-electron chi connectivity index (χ3n) is 2.18. The number of aliphatic hydroxyl groups is 1. The standard InChI is InChI=1S/C7H14ClNO/c8-9-6-7(10)4-2-1-3-5-7/h9-10H,1-6H2. The molecule has 1 fully saturated rings. The van der Waals surface area contributed by atoms with Crippen LogP contribution in [0.3, 0.4) is 0 Å². The predicted octanol–water partition coefficient (Wildman–Crippen LogP) is 1.43. The van der Waals surface area contributed by atoms with Crippen molar-refractivity contribution in [2.75, 3.05) is 6.54 Å². The van der Waals surface area contributed by atoms with Crippen molar-refractivity contribution in [3.8, 4) is 0 Å². The second-order valence-corrected chi connectivity index (χ2v) is 3.36. The highest BCUT2D eigenvalue weighted by Gasteiger charge is 2.28. The average Bonchev–Trinajstić information content (AvgIpc) is 1.89. The summed E-state index contributed by atoms with van der Waals surface area (Å²) in [6.45, 7) is 0.522. The van der Waals surface area contributed by atoms with Gasteiger partial charge in [-0.1, -0.05) is 19.3 Å². The zero-order chi connectivity index (χ0) is 7.45. The van der Waals surface area contributed by atoms with Gasteiger partial charge in [-0.05, 0) is 24.6 Å². The van der Waals surface area contributed by atoms with E-state index >= 15 is 0 Å². The van der Waals surface area contributed by atoms with Crippen LogP contribution in [0.5, 0.6) is 0 Å². The molecule has 2 N–H and O–H groups in total. The number of hydrogen-bond donors (Lipinski definition) is 2. The van der Waals surface area contributed by atoms with Crippen LogP contribution in [-0.4, -0.2) is 17.3 Å². The molecule has 0 aromatic carbocycles. The molecule has 10 heavy (non-hydrogen) atoms. The van der Waals surface area contributed by atoms with Crippen LogP contribution < -0.4 is 4.84 Å². The fourth-order valence-corrected chi connectivity index (χ4v) is 1.76. The van der Waals surface area contributed by atoms with E-state index in [0.29, 0.717) is 6.54 Å². The molecular weight excluding hydrogens is 150 g/mol. The van der Waals surface area contributed by atoms with Crippen molar-refractivity contribution in [2.45, 2.75) is 37.7 Å². The second kappa shape index (κ2) is 3.56. The molecule has 1 rings (SSSR count). The van der Waals surface area contributed by atoms with E-state index in [0.717, 1.165) is 25.7 Å². The third-order valence-corrected chi connectivity index (χ3v) is 2.31. The van der Waals surface area contributed by atoms with Gasteiger partial charge in [0.25, 0.3) is 0 Å². The van der Waals surface area contributed by atoms with Gasteiger partial charge in [-0.25, -0.2) is 4.84 Å². The molecule has 1 saturated carbocycles. The summed E-state index contributed by atoms with van der Waals surface area (Å²) in [5.41, 5.74) is -0.514. The van der Waals surface area contributed by atoms with E-state index in [-0.39, 0.29) is 0 Å². The minimum atomic E-state index is -0.514. The molecule has 0 bridgehead atoms. The van der Waals surface area contributed by atoms with Gasteiger partial charge in [0.15, 0.2) is 0 Å². The maximum absolute atomic E-state index is 9.72. The summed E-state index contributed by atoms with van der Waals surface area (Å²) < 4.78 is 0. The molecule has 0 amide bonds. The Kier molecular flexibility index (Phi) is 2.96. The molecule has 0 aliphatic heterocycles. The van der Waals surface area contributed by atoms with E-state index in [1.165, 1.54) is 6.42 Å². The summed E-state index contributed by atoms with van der Waals surface area (Å²) >= 11 is 5.31. The molecule has 0 heterocycles. The maximum Gasteiger partial charge on any atom is 0.0784 e. The van der Waals surface area contributed by atoms with E-state index < -0.39 is 5.60 Å². The third kappa shape index (κ3) is 2.11. The Morgan fingerprint density at radius 2 is 1.90 bits per heavy atom. The van der Waals surface area contributed by atoms with Gasteiger partial charge in [0, 0.05) is 6.54 Å². The van der Waals surface area contributed by atoms with Crippen LogP contribution in [-0.2, 0) is 0 Å². The number of nitrogens with one attached hydrogen (secondary N) is 1. The quantitative estimate of drug-likeness (QED) is 0.604. The van der Waals surface area contributed by atoms with Gasteiger partial charge < -0.3 is 5.11 Å². The first-order chi connectivity index (χ1) is 4.77. The first-order valence-electron chi connectivity index (χ1n) is 3.83. The summed E-state index contributed by atoms with van der Waals surface area (Å²) in [5.74, 6) is 0. The molecular formula is C7H14ClNO. The highest BCUT2D eigenvalue weighted by Crippen LogP contribution is 2.27. The number of rotatable bonds is 2. The topological polar surface area (TPSA) is 32.3 Å². The lowest BCUT2D eigenvalue weighted by atomic mass is 9.85. The summed E-state index contributed by atoms with van der Waals surface area (Å²) in [7, 11) is 0. The molecule has 1 aliphatic rings. The van der Waals surface area contributed by atoms with Crippen molar-refractivity contribution in [3.63, 3.8) is 0 Å². The van der Waals surface area contributed by atoms with Crippen molar-refractivity contribution < 1.29 is 5.11 Å². The molecule has 1 aliphatic carbocycles. The summed E-state index contributed by atoms with van der Waals surface area (Å²) in [5, 5.41) is 9.72. The monoisotopic (exact) mass is 163 g/mol. The van der Waals surface area contributed by atoms with E-state index in [1.807, 2.05) is 0 Å². The van der Waals surface area contributed by atoms with Crippen LogP contribution in [0.25, 0.3) is 0 Å². The Balaban J connectivity index is 2.32. The molecule has 60 valence electrons. The maximum atomic E-state index is 9.72. The minimum absolute atomic E-state index is 0.514. The van der Waals surface area contributed by atoms with Crippen LogP contribution in [0.2, 0.25) is 0 Å². The lowest BCUT2D eigenvalue weighted by Gasteiger charge is -2.31. The number of hydrogen-bond acceptors (Lipinski definition) is 2. The van der Waals surface area contributed by atoms with Gasteiger partial charge in [-0.3, -0.25) is 0 Å². The Morgan fingerprint density at radius 1 is 1.30 bits per heavy atom. The molecule has 0 aromatic heterocycles. The molecule has 3 heteroatoms. The molecule has 0 saturated heterocycles. The Labute approximate surface area is 66.7 Å². The predicted molar refractivity (Wildman–Crippen MR) is 41.9 cm³/mol. The van der Waals surface area contributed by atoms with Gasteiger partial charge in [0.05, 0.1) is 5.60 Å². The number of halogens is 1. The normalized spacial score (nSPS) is 24.6. The van der Waals surface area contributed by atoms with Gasteiger partial charge >= 0.3 is 0 Å². The van der Waals surface area contributed by atoms with Crippen LogP contribution >= 0.6 is 11.8 Å². The zero-order valence-corrected chi connectivity index (χ0v) is 6.82. The summed E-state index contributed by atoms with van der Waals surface area (Å²) in [4.78, 5) is 2.50. The van der Waals surface area contributed by atoms with Crippen LogP contribution in [0.15, 0.2) is 0 Å². The largest absolute Gasteiger partial charge is 0.389 e. The van der Waals surface area contributed by atoms with Gasteiger partial charge in [-0.15, -0.1) is 0 Å². The first-order valence-corrected chi connectivity index (χ1v) is 4.20. The summed E-state index contributed by atoms with van der Waals surface area (Å²) in [6.07, 6.45) is 5.31. The molecule has 0 atom stereocenters. The highest BCUT2D eigenvalue weighted by molar-refractivity contribution is 6.13. The van der Waals surface area contributed by atoms with Crippen LogP contribution in [0, 0.1) is 0 Å².